The van der Waals surface area contributed by atoms with Crippen molar-refractivity contribution in [1.82, 2.24) is 0 Å². The summed E-state index contributed by atoms with van der Waals surface area (Å²) in [6.45, 7) is 2.05. The summed E-state index contributed by atoms with van der Waals surface area (Å²) in [5, 5.41) is 10.2. The largest absolute Gasteiger partial charge is 0.456 e. The van der Waals surface area contributed by atoms with E-state index in [2.05, 4.69) is 6.55 Å². The lowest BCUT2D eigenvalue weighted by atomic mass is 9.84. The second-order valence-electron chi connectivity index (χ2n) is 7.05. The molecule has 0 spiro atoms. The van der Waals surface area contributed by atoms with E-state index in [4.69, 9.17) is 13.6 Å². The Kier molecular flexibility index (Phi) is 8.03. The van der Waals surface area contributed by atoms with Gasteiger partial charge in [0, 0.05) is 20.3 Å². The Morgan fingerprint density at radius 2 is 1.92 bits per heavy atom. The first-order valence-electron chi connectivity index (χ1n) is 9.18. The summed E-state index contributed by atoms with van der Waals surface area (Å²) in [6.07, 6.45) is 5.36. The van der Waals surface area contributed by atoms with Crippen molar-refractivity contribution in [2.45, 2.75) is 50.5 Å². The van der Waals surface area contributed by atoms with E-state index in [0.29, 0.717) is 18.8 Å². The number of benzene rings is 1. The third-order valence-electron chi connectivity index (χ3n) is 5.21. The van der Waals surface area contributed by atoms with Gasteiger partial charge in [0.2, 0.25) is 0 Å². The van der Waals surface area contributed by atoms with Gasteiger partial charge in [-0.05, 0) is 55.8 Å². The van der Waals surface area contributed by atoms with Crippen molar-refractivity contribution in [3.05, 3.63) is 42.0 Å². The zero-order valence-corrected chi connectivity index (χ0v) is 16.9. The molecule has 1 aliphatic carbocycles. The molecule has 1 aliphatic rings. The standard InChI is InChI=1S/C20H30O5Si/c1-23-26(3,24-2)14-13-17-9-11-18(21)19(15-17)25-20(22)12-10-16-7-5-4-6-8-16/h4-8,10,12,17-19,21H,9,11,13-15H2,1-3H3/b12-10+. The predicted molar refractivity (Wildman–Crippen MR) is 104 cm³/mol. The fourth-order valence-corrected chi connectivity index (χ4v) is 4.76. The number of hydrogen-bond donors (Lipinski definition) is 1. The average molecular weight is 379 g/mol. The first-order chi connectivity index (χ1) is 12.5. The molecule has 0 aliphatic heterocycles. The maximum atomic E-state index is 12.1. The van der Waals surface area contributed by atoms with Crippen LogP contribution in [-0.2, 0) is 18.4 Å². The van der Waals surface area contributed by atoms with Crippen LogP contribution in [0.25, 0.3) is 6.08 Å². The fourth-order valence-electron chi connectivity index (χ4n) is 3.26. The van der Waals surface area contributed by atoms with Crippen molar-refractivity contribution in [3.8, 4) is 0 Å². The Morgan fingerprint density at radius 3 is 2.58 bits per heavy atom. The van der Waals surface area contributed by atoms with E-state index in [0.717, 1.165) is 24.4 Å². The number of hydrogen-bond acceptors (Lipinski definition) is 5. The van der Waals surface area contributed by atoms with Gasteiger partial charge < -0.3 is 18.7 Å². The molecule has 0 radical (unpaired) electrons. The van der Waals surface area contributed by atoms with Crippen molar-refractivity contribution in [2.75, 3.05) is 14.2 Å². The van der Waals surface area contributed by atoms with E-state index in [1.54, 1.807) is 20.3 Å². The highest BCUT2D eigenvalue weighted by Crippen LogP contribution is 2.32. The maximum Gasteiger partial charge on any atom is 0.334 e. The minimum atomic E-state index is -2.08. The van der Waals surface area contributed by atoms with Gasteiger partial charge >= 0.3 is 14.5 Å². The molecule has 0 bridgehead atoms. The molecule has 1 saturated carbocycles. The van der Waals surface area contributed by atoms with Gasteiger partial charge in [-0.25, -0.2) is 4.79 Å². The van der Waals surface area contributed by atoms with Gasteiger partial charge in [-0.2, -0.15) is 0 Å². The highest BCUT2D eigenvalue weighted by molar-refractivity contribution is 6.65. The van der Waals surface area contributed by atoms with Crippen molar-refractivity contribution >= 4 is 20.6 Å². The number of rotatable bonds is 8. The molecule has 5 nitrogen and oxygen atoms in total. The van der Waals surface area contributed by atoms with Crippen molar-refractivity contribution in [2.24, 2.45) is 5.92 Å². The van der Waals surface area contributed by atoms with E-state index in [1.807, 2.05) is 30.3 Å². The monoisotopic (exact) mass is 378 g/mol. The van der Waals surface area contributed by atoms with Crippen LogP contribution < -0.4 is 0 Å². The van der Waals surface area contributed by atoms with Crippen LogP contribution in [0.3, 0.4) is 0 Å². The zero-order chi connectivity index (χ0) is 19.0. The van der Waals surface area contributed by atoms with E-state index < -0.39 is 26.7 Å². The second kappa shape index (κ2) is 10.0. The Balaban J connectivity index is 1.85. The molecular formula is C20H30O5Si. The number of ether oxygens (including phenoxy) is 1. The molecule has 0 heterocycles. The van der Waals surface area contributed by atoms with E-state index in [1.165, 1.54) is 6.08 Å². The number of carbonyl (C=O) groups is 1. The predicted octanol–water partition coefficient (Wildman–Crippen LogP) is 3.53. The van der Waals surface area contributed by atoms with Crippen molar-refractivity contribution < 1.29 is 23.5 Å². The molecule has 3 unspecified atom stereocenters. The third-order valence-corrected chi connectivity index (χ3v) is 8.14. The summed E-state index contributed by atoms with van der Waals surface area (Å²) in [4.78, 5) is 12.1. The van der Waals surface area contributed by atoms with E-state index in [9.17, 15) is 9.90 Å². The molecule has 1 N–H and O–H groups in total. The Hall–Kier alpha value is -1.47. The maximum absolute atomic E-state index is 12.1. The topological polar surface area (TPSA) is 65.0 Å². The van der Waals surface area contributed by atoms with Crippen LogP contribution >= 0.6 is 0 Å². The van der Waals surface area contributed by atoms with Crippen LogP contribution in [0, 0.1) is 5.92 Å². The molecule has 2 rings (SSSR count). The van der Waals surface area contributed by atoms with Gasteiger partial charge in [-0.15, -0.1) is 0 Å². The van der Waals surface area contributed by atoms with Gasteiger partial charge in [0.05, 0.1) is 6.10 Å². The third kappa shape index (κ3) is 6.36. The van der Waals surface area contributed by atoms with Gasteiger partial charge in [0.1, 0.15) is 6.10 Å². The van der Waals surface area contributed by atoms with Gasteiger partial charge in [-0.1, -0.05) is 30.3 Å². The summed E-state index contributed by atoms with van der Waals surface area (Å²) in [6, 6.07) is 10.5. The average Bonchev–Trinajstić information content (AvgIpc) is 2.67. The Morgan fingerprint density at radius 1 is 1.23 bits per heavy atom. The number of aliphatic hydroxyl groups is 1. The summed E-state index contributed by atoms with van der Waals surface area (Å²) in [5.41, 5.74) is 0.940. The SMILES string of the molecule is CO[Si](C)(CCC1CCC(O)C(OC(=O)/C=C/c2ccccc2)C1)OC. The molecule has 0 aromatic heterocycles. The molecule has 1 aromatic rings. The normalized spacial score (nSPS) is 23.9. The van der Waals surface area contributed by atoms with Crippen molar-refractivity contribution in [3.63, 3.8) is 0 Å². The molecular weight excluding hydrogens is 348 g/mol. The van der Waals surface area contributed by atoms with Gasteiger partial charge in [0.25, 0.3) is 0 Å². The summed E-state index contributed by atoms with van der Waals surface area (Å²) < 4.78 is 16.6. The van der Waals surface area contributed by atoms with Crippen LogP contribution in [0.1, 0.15) is 31.2 Å². The van der Waals surface area contributed by atoms with E-state index in [-0.39, 0.29) is 0 Å². The van der Waals surface area contributed by atoms with Crippen LogP contribution in [0.5, 0.6) is 0 Å². The summed E-state index contributed by atoms with van der Waals surface area (Å²) in [7, 11) is 1.31. The highest BCUT2D eigenvalue weighted by atomic mass is 28.4. The van der Waals surface area contributed by atoms with Gasteiger partial charge in [-0.3, -0.25) is 0 Å². The Bertz CT molecular complexity index is 585. The fraction of sp³-hybridized carbons (Fsp3) is 0.550. The van der Waals surface area contributed by atoms with Gasteiger partial charge in [0.15, 0.2) is 0 Å². The lowest BCUT2D eigenvalue weighted by Gasteiger charge is -2.34. The second-order valence-corrected chi connectivity index (χ2v) is 10.6. The minimum absolute atomic E-state index is 0.409. The van der Waals surface area contributed by atoms with Crippen LogP contribution in [0.2, 0.25) is 12.6 Å². The smallest absolute Gasteiger partial charge is 0.334 e. The lowest BCUT2D eigenvalue weighted by molar-refractivity contribution is -0.153. The molecule has 26 heavy (non-hydrogen) atoms. The number of aliphatic hydroxyl groups excluding tert-OH is 1. The number of carbonyl (C=O) groups excluding carboxylic acids is 1. The quantitative estimate of drug-likeness (QED) is 0.426. The summed E-state index contributed by atoms with van der Waals surface area (Å²) in [5.74, 6) is -0.00187. The van der Waals surface area contributed by atoms with Crippen LogP contribution in [0.4, 0.5) is 0 Å². The first kappa shape index (κ1) is 20.8. The molecule has 1 aromatic carbocycles. The number of esters is 1. The van der Waals surface area contributed by atoms with E-state index >= 15 is 0 Å². The lowest BCUT2D eigenvalue weighted by Crippen LogP contribution is -2.39. The summed E-state index contributed by atoms with van der Waals surface area (Å²) >= 11 is 0. The first-order valence-corrected chi connectivity index (χ1v) is 11.7. The molecule has 144 valence electrons. The highest BCUT2D eigenvalue weighted by Gasteiger charge is 2.35. The van der Waals surface area contributed by atoms with Crippen LogP contribution in [0.15, 0.2) is 36.4 Å². The van der Waals surface area contributed by atoms with Crippen molar-refractivity contribution in [1.29, 1.82) is 0 Å². The van der Waals surface area contributed by atoms with Crippen LogP contribution in [-0.4, -0.2) is 46.1 Å². The molecule has 1 fully saturated rings. The zero-order valence-electron chi connectivity index (χ0n) is 15.9. The minimum Gasteiger partial charge on any atom is -0.456 e. The molecule has 0 amide bonds. The molecule has 6 heteroatoms. The Labute approximate surface area is 157 Å². The molecule has 0 saturated heterocycles. The molecule has 3 atom stereocenters.